The van der Waals surface area contributed by atoms with E-state index < -0.39 is 0 Å². The fourth-order valence-electron chi connectivity index (χ4n) is 3.21. The van der Waals surface area contributed by atoms with Gasteiger partial charge in [0.1, 0.15) is 12.3 Å². The number of rotatable bonds is 9. The second kappa shape index (κ2) is 10.1. The highest BCUT2D eigenvalue weighted by Crippen LogP contribution is 2.17. The molecule has 2 amide bonds. The first-order chi connectivity index (χ1) is 13.7. The van der Waals surface area contributed by atoms with E-state index >= 15 is 0 Å². The summed E-state index contributed by atoms with van der Waals surface area (Å²) in [5.41, 5.74) is 1.58. The van der Waals surface area contributed by atoms with Crippen molar-refractivity contribution in [2.45, 2.75) is 40.3 Å². The molecule has 0 saturated heterocycles. The van der Waals surface area contributed by atoms with Gasteiger partial charge in [-0.15, -0.1) is 0 Å². The summed E-state index contributed by atoms with van der Waals surface area (Å²) in [4.78, 5) is 29.8. The molecule has 158 valence electrons. The van der Waals surface area contributed by atoms with Gasteiger partial charge in [0.05, 0.1) is 13.7 Å². The molecule has 2 aromatic rings. The van der Waals surface area contributed by atoms with Gasteiger partial charge in [0, 0.05) is 37.1 Å². The van der Waals surface area contributed by atoms with E-state index in [2.05, 4.69) is 13.8 Å². The van der Waals surface area contributed by atoms with Gasteiger partial charge in [0.15, 0.2) is 0 Å². The third kappa shape index (κ3) is 6.11. The van der Waals surface area contributed by atoms with Crippen molar-refractivity contribution in [3.05, 3.63) is 53.9 Å². The van der Waals surface area contributed by atoms with Crippen LogP contribution in [0.5, 0.6) is 5.75 Å². The second-order valence-electron chi connectivity index (χ2n) is 8.04. The summed E-state index contributed by atoms with van der Waals surface area (Å²) in [5, 5.41) is 0. The Morgan fingerprint density at radius 1 is 1.10 bits per heavy atom. The highest BCUT2D eigenvalue weighted by Gasteiger charge is 2.25. The Bertz CT molecular complexity index is 826. The summed E-state index contributed by atoms with van der Waals surface area (Å²) in [7, 11) is 3.54. The molecule has 0 atom stereocenters. The molecule has 0 radical (unpaired) electrons. The maximum Gasteiger partial charge on any atom is 0.254 e. The number of carbonyl (C=O) groups excluding carboxylic acids is 2. The van der Waals surface area contributed by atoms with Gasteiger partial charge >= 0.3 is 0 Å². The number of benzene rings is 1. The Kier molecular flexibility index (Phi) is 7.88. The van der Waals surface area contributed by atoms with Crippen molar-refractivity contribution in [1.29, 1.82) is 0 Å². The molecule has 6 heteroatoms. The molecule has 0 fully saturated rings. The molecule has 2 rings (SSSR count). The number of amides is 2. The number of aryl methyl sites for hydroxylation is 1. The standard InChI is InChI=1S/C23H33N3O3/c1-17(2)14-25(15-20-10-8-12-24(20)5)22(27)16-26(18(3)4)23(28)19-9-7-11-21(13-19)29-6/h7-13,17-18H,14-16H2,1-6H3. The molecule has 6 nitrogen and oxygen atoms in total. The van der Waals surface area contributed by atoms with Crippen LogP contribution in [0.15, 0.2) is 42.6 Å². The Morgan fingerprint density at radius 2 is 1.83 bits per heavy atom. The minimum Gasteiger partial charge on any atom is -0.497 e. The van der Waals surface area contributed by atoms with Crippen molar-refractivity contribution >= 4 is 11.8 Å². The van der Waals surface area contributed by atoms with E-state index in [9.17, 15) is 9.59 Å². The Hall–Kier alpha value is -2.76. The van der Waals surface area contributed by atoms with E-state index in [-0.39, 0.29) is 24.4 Å². The van der Waals surface area contributed by atoms with E-state index in [1.807, 2.05) is 48.7 Å². The normalized spacial score (nSPS) is 11.0. The molecular weight excluding hydrogens is 366 g/mol. The van der Waals surface area contributed by atoms with Crippen LogP contribution in [0.2, 0.25) is 0 Å². The van der Waals surface area contributed by atoms with Gasteiger partial charge in [-0.05, 0) is 50.1 Å². The van der Waals surface area contributed by atoms with E-state index in [0.29, 0.717) is 30.3 Å². The van der Waals surface area contributed by atoms with Crippen LogP contribution < -0.4 is 4.74 Å². The van der Waals surface area contributed by atoms with Gasteiger partial charge < -0.3 is 19.1 Å². The van der Waals surface area contributed by atoms with Crippen molar-refractivity contribution < 1.29 is 14.3 Å². The fourth-order valence-corrected chi connectivity index (χ4v) is 3.21. The summed E-state index contributed by atoms with van der Waals surface area (Å²) >= 11 is 0. The molecule has 0 spiro atoms. The summed E-state index contributed by atoms with van der Waals surface area (Å²) < 4.78 is 7.25. The van der Waals surface area contributed by atoms with Crippen molar-refractivity contribution in [3.8, 4) is 5.75 Å². The molecule has 0 saturated carbocycles. The highest BCUT2D eigenvalue weighted by molar-refractivity contribution is 5.97. The third-order valence-electron chi connectivity index (χ3n) is 4.85. The average molecular weight is 400 g/mol. The van der Waals surface area contributed by atoms with E-state index in [1.54, 1.807) is 36.3 Å². The van der Waals surface area contributed by atoms with Crippen LogP contribution in [0, 0.1) is 5.92 Å². The maximum atomic E-state index is 13.2. The SMILES string of the molecule is COc1cccc(C(=O)N(CC(=O)N(Cc2cccn2C)CC(C)C)C(C)C)c1. The lowest BCUT2D eigenvalue weighted by atomic mass is 10.1. The van der Waals surface area contributed by atoms with Gasteiger partial charge in [-0.25, -0.2) is 0 Å². The molecule has 1 heterocycles. The smallest absolute Gasteiger partial charge is 0.254 e. The summed E-state index contributed by atoms with van der Waals surface area (Å²) in [6, 6.07) is 10.9. The Labute approximate surface area is 174 Å². The van der Waals surface area contributed by atoms with Crippen LogP contribution in [-0.4, -0.2) is 52.4 Å². The van der Waals surface area contributed by atoms with Crippen LogP contribution in [0.3, 0.4) is 0 Å². The van der Waals surface area contributed by atoms with Crippen LogP contribution in [-0.2, 0) is 18.4 Å². The third-order valence-corrected chi connectivity index (χ3v) is 4.85. The summed E-state index contributed by atoms with van der Waals surface area (Å²) in [6.45, 7) is 9.25. The zero-order valence-electron chi connectivity index (χ0n) is 18.4. The largest absolute Gasteiger partial charge is 0.497 e. The van der Waals surface area contributed by atoms with E-state index in [4.69, 9.17) is 4.74 Å². The number of methoxy groups -OCH3 is 1. The van der Waals surface area contributed by atoms with Crippen molar-refractivity contribution in [2.24, 2.45) is 13.0 Å². The fraction of sp³-hybridized carbons (Fsp3) is 0.478. The highest BCUT2D eigenvalue weighted by atomic mass is 16.5. The number of nitrogens with zero attached hydrogens (tertiary/aromatic N) is 3. The summed E-state index contributed by atoms with van der Waals surface area (Å²) in [6.07, 6.45) is 1.97. The second-order valence-corrected chi connectivity index (χ2v) is 8.04. The molecule has 1 aromatic carbocycles. The van der Waals surface area contributed by atoms with Crippen molar-refractivity contribution in [3.63, 3.8) is 0 Å². The van der Waals surface area contributed by atoms with Crippen LogP contribution in [0.25, 0.3) is 0 Å². The number of aromatic nitrogens is 1. The van der Waals surface area contributed by atoms with Gasteiger partial charge in [-0.1, -0.05) is 19.9 Å². The van der Waals surface area contributed by atoms with Gasteiger partial charge in [-0.2, -0.15) is 0 Å². The zero-order chi connectivity index (χ0) is 21.6. The molecule has 0 aliphatic heterocycles. The molecule has 0 unspecified atom stereocenters. The van der Waals surface area contributed by atoms with Crippen LogP contribution in [0.1, 0.15) is 43.7 Å². The minimum atomic E-state index is -0.171. The number of hydrogen-bond donors (Lipinski definition) is 0. The molecule has 29 heavy (non-hydrogen) atoms. The van der Waals surface area contributed by atoms with Gasteiger partial charge in [0.25, 0.3) is 5.91 Å². The number of ether oxygens (including phenoxy) is 1. The zero-order valence-corrected chi connectivity index (χ0v) is 18.4. The number of carbonyl (C=O) groups is 2. The minimum absolute atomic E-state index is 0.0465. The predicted octanol–water partition coefficient (Wildman–Crippen LogP) is 3.57. The monoisotopic (exact) mass is 399 g/mol. The first-order valence-electron chi connectivity index (χ1n) is 10.1. The lowest BCUT2D eigenvalue weighted by molar-refractivity contribution is -0.133. The predicted molar refractivity (Wildman–Crippen MR) is 115 cm³/mol. The molecule has 0 aliphatic carbocycles. The molecule has 0 N–H and O–H groups in total. The Morgan fingerprint density at radius 3 is 2.38 bits per heavy atom. The van der Waals surface area contributed by atoms with Gasteiger partial charge in [0.2, 0.25) is 5.91 Å². The van der Waals surface area contributed by atoms with Crippen LogP contribution in [0.4, 0.5) is 0 Å². The lowest BCUT2D eigenvalue weighted by Gasteiger charge is -2.31. The molecule has 0 bridgehead atoms. The quantitative estimate of drug-likeness (QED) is 0.648. The lowest BCUT2D eigenvalue weighted by Crippen LogP contribution is -2.46. The first-order valence-corrected chi connectivity index (χ1v) is 10.1. The van der Waals surface area contributed by atoms with Crippen molar-refractivity contribution in [2.75, 3.05) is 20.2 Å². The topological polar surface area (TPSA) is 54.8 Å². The molecule has 0 aliphatic rings. The number of hydrogen-bond acceptors (Lipinski definition) is 3. The van der Waals surface area contributed by atoms with Crippen LogP contribution >= 0.6 is 0 Å². The van der Waals surface area contributed by atoms with Crippen molar-refractivity contribution in [1.82, 2.24) is 14.4 Å². The first kappa shape index (κ1) is 22.5. The van der Waals surface area contributed by atoms with E-state index in [0.717, 1.165) is 5.69 Å². The van der Waals surface area contributed by atoms with Gasteiger partial charge in [-0.3, -0.25) is 9.59 Å². The average Bonchev–Trinajstić information content (AvgIpc) is 3.08. The summed E-state index contributed by atoms with van der Waals surface area (Å²) in [5.74, 6) is 0.734. The Balaban J connectivity index is 2.20. The maximum absolute atomic E-state index is 13.2. The van der Waals surface area contributed by atoms with E-state index in [1.165, 1.54) is 0 Å². The molecule has 1 aromatic heterocycles. The molecular formula is C23H33N3O3.